The standard InChI is InChI=1S/C32H35NO6/c1-21(2)38-18-10-17-33-29(25-13-8-9-14-27(25)37-4)28(31(35)32(33)36)30(34)24-15-16-26(22(3)19-24)39-20-23-11-6-5-7-12-23/h5-9,11-16,19,21,29,34H,10,17-18,20H2,1-4H3/b30-28+. The highest BCUT2D eigenvalue weighted by Gasteiger charge is 2.46. The van der Waals surface area contributed by atoms with Crippen LogP contribution >= 0.6 is 0 Å². The van der Waals surface area contributed by atoms with Gasteiger partial charge in [0.2, 0.25) is 0 Å². The molecule has 1 aliphatic rings. The molecule has 1 fully saturated rings. The molecule has 0 aliphatic carbocycles. The Labute approximate surface area is 229 Å². The zero-order valence-corrected chi connectivity index (χ0v) is 22.8. The fraction of sp³-hybridized carbons (Fsp3) is 0.312. The molecule has 0 radical (unpaired) electrons. The Hall–Kier alpha value is -4.10. The molecule has 0 saturated carbocycles. The summed E-state index contributed by atoms with van der Waals surface area (Å²) in [5.74, 6) is -0.420. The number of Topliss-reactive ketones (excluding diaryl/α,β-unsaturated/α-hetero) is 1. The van der Waals surface area contributed by atoms with Gasteiger partial charge in [0.15, 0.2) is 0 Å². The van der Waals surface area contributed by atoms with E-state index in [0.29, 0.717) is 48.8 Å². The number of ketones is 1. The third kappa shape index (κ3) is 6.32. The minimum absolute atomic E-state index is 0.0339. The Kier molecular flexibility index (Phi) is 9.04. The lowest BCUT2D eigenvalue weighted by Crippen LogP contribution is -2.31. The Morgan fingerprint density at radius 3 is 2.38 bits per heavy atom. The smallest absolute Gasteiger partial charge is 0.295 e. The Balaban J connectivity index is 1.68. The van der Waals surface area contributed by atoms with E-state index >= 15 is 0 Å². The number of amides is 1. The summed E-state index contributed by atoms with van der Waals surface area (Å²) in [6.45, 7) is 6.92. The van der Waals surface area contributed by atoms with Gasteiger partial charge in [-0.25, -0.2) is 0 Å². The molecule has 1 aliphatic heterocycles. The van der Waals surface area contributed by atoms with E-state index in [0.717, 1.165) is 11.1 Å². The fourth-order valence-corrected chi connectivity index (χ4v) is 4.73. The van der Waals surface area contributed by atoms with Crippen molar-refractivity contribution in [3.8, 4) is 11.5 Å². The maximum Gasteiger partial charge on any atom is 0.295 e. The molecule has 4 rings (SSSR count). The number of carbonyl (C=O) groups excluding carboxylic acids is 2. The van der Waals surface area contributed by atoms with Gasteiger partial charge in [-0.2, -0.15) is 0 Å². The van der Waals surface area contributed by atoms with Gasteiger partial charge < -0.3 is 24.2 Å². The SMILES string of the molecule is COc1ccccc1C1/C(=C(\O)c2ccc(OCc3ccccc3)c(C)c2)C(=O)C(=O)N1CCCOC(C)C. The predicted molar refractivity (Wildman–Crippen MR) is 150 cm³/mol. The number of aryl methyl sites for hydroxylation is 1. The number of methoxy groups -OCH3 is 1. The fourth-order valence-electron chi connectivity index (χ4n) is 4.73. The zero-order chi connectivity index (χ0) is 27.9. The van der Waals surface area contributed by atoms with Gasteiger partial charge in [0.05, 0.1) is 24.8 Å². The number of hydrogen-bond acceptors (Lipinski definition) is 6. The molecule has 39 heavy (non-hydrogen) atoms. The molecule has 7 heteroatoms. The monoisotopic (exact) mass is 529 g/mol. The van der Waals surface area contributed by atoms with Crippen molar-refractivity contribution in [2.24, 2.45) is 0 Å². The zero-order valence-electron chi connectivity index (χ0n) is 22.8. The van der Waals surface area contributed by atoms with E-state index < -0.39 is 17.7 Å². The second kappa shape index (κ2) is 12.6. The molecule has 1 amide bonds. The lowest BCUT2D eigenvalue weighted by molar-refractivity contribution is -0.140. The molecule has 1 saturated heterocycles. The van der Waals surface area contributed by atoms with E-state index in [2.05, 4.69) is 0 Å². The largest absolute Gasteiger partial charge is 0.507 e. The molecule has 204 valence electrons. The van der Waals surface area contributed by atoms with Gasteiger partial charge in [0.25, 0.3) is 11.7 Å². The van der Waals surface area contributed by atoms with Crippen LogP contribution in [0.1, 0.15) is 48.6 Å². The first kappa shape index (κ1) is 27.9. The normalized spacial score (nSPS) is 16.6. The van der Waals surface area contributed by atoms with E-state index in [1.807, 2.05) is 69.3 Å². The summed E-state index contributed by atoms with van der Waals surface area (Å²) >= 11 is 0. The van der Waals surface area contributed by atoms with Crippen molar-refractivity contribution in [2.75, 3.05) is 20.3 Å². The molecule has 7 nitrogen and oxygen atoms in total. The van der Waals surface area contributed by atoms with Crippen molar-refractivity contribution in [3.63, 3.8) is 0 Å². The number of ether oxygens (including phenoxy) is 3. The maximum atomic E-state index is 13.4. The first-order chi connectivity index (χ1) is 18.8. The average molecular weight is 530 g/mol. The molecule has 0 aromatic heterocycles. The second-order valence-electron chi connectivity index (χ2n) is 9.76. The van der Waals surface area contributed by atoms with Crippen molar-refractivity contribution in [1.82, 2.24) is 4.90 Å². The van der Waals surface area contributed by atoms with E-state index in [-0.39, 0.29) is 17.4 Å². The molecule has 0 bridgehead atoms. The summed E-state index contributed by atoms with van der Waals surface area (Å²) < 4.78 is 17.2. The Bertz CT molecular complexity index is 1350. The third-order valence-corrected chi connectivity index (χ3v) is 6.65. The van der Waals surface area contributed by atoms with Crippen molar-refractivity contribution < 1.29 is 28.9 Å². The number of rotatable bonds is 11. The van der Waals surface area contributed by atoms with E-state index in [4.69, 9.17) is 14.2 Å². The minimum Gasteiger partial charge on any atom is -0.507 e. The van der Waals surface area contributed by atoms with Crippen LogP contribution in [0.3, 0.4) is 0 Å². The molecule has 1 heterocycles. The molecule has 3 aromatic rings. The summed E-state index contributed by atoms with van der Waals surface area (Å²) in [4.78, 5) is 28.1. The van der Waals surface area contributed by atoms with E-state index in [9.17, 15) is 14.7 Å². The molecular formula is C32H35NO6. The van der Waals surface area contributed by atoms with Gasteiger partial charge >= 0.3 is 0 Å². The van der Waals surface area contributed by atoms with Crippen LogP contribution in [0.5, 0.6) is 11.5 Å². The van der Waals surface area contributed by atoms with Crippen molar-refractivity contribution in [1.29, 1.82) is 0 Å². The van der Waals surface area contributed by atoms with Crippen LogP contribution in [0.25, 0.3) is 5.76 Å². The number of para-hydroxylation sites is 1. The number of benzene rings is 3. The maximum absolute atomic E-state index is 13.4. The molecule has 1 unspecified atom stereocenters. The summed E-state index contributed by atoms with van der Waals surface area (Å²) in [5, 5.41) is 11.5. The molecule has 1 atom stereocenters. The minimum atomic E-state index is -0.797. The summed E-state index contributed by atoms with van der Waals surface area (Å²) in [7, 11) is 1.54. The van der Waals surface area contributed by atoms with Gasteiger partial charge in [-0.1, -0.05) is 48.5 Å². The number of aliphatic hydroxyl groups excluding tert-OH is 1. The third-order valence-electron chi connectivity index (χ3n) is 6.65. The molecule has 3 aromatic carbocycles. The van der Waals surface area contributed by atoms with Gasteiger partial charge in [-0.05, 0) is 62.6 Å². The van der Waals surface area contributed by atoms with Gasteiger partial charge in [0.1, 0.15) is 23.9 Å². The number of aliphatic hydroxyl groups is 1. The predicted octanol–water partition coefficient (Wildman–Crippen LogP) is 5.82. The van der Waals surface area contributed by atoms with Crippen molar-refractivity contribution >= 4 is 17.4 Å². The van der Waals surface area contributed by atoms with Crippen molar-refractivity contribution in [2.45, 2.75) is 45.9 Å². The van der Waals surface area contributed by atoms with Crippen LogP contribution in [0.15, 0.2) is 78.4 Å². The van der Waals surface area contributed by atoms with Crippen LogP contribution in [0.2, 0.25) is 0 Å². The van der Waals surface area contributed by atoms with Gasteiger partial charge in [0, 0.05) is 24.3 Å². The van der Waals surface area contributed by atoms with Crippen LogP contribution in [-0.2, 0) is 20.9 Å². The lowest BCUT2D eigenvalue weighted by atomic mass is 9.94. The van der Waals surface area contributed by atoms with Crippen LogP contribution in [0, 0.1) is 6.92 Å². The Morgan fingerprint density at radius 1 is 0.974 bits per heavy atom. The van der Waals surface area contributed by atoms with Crippen LogP contribution in [0.4, 0.5) is 0 Å². The molecule has 0 spiro atoms. The Morgan fingerprint density at radius 2 is 1.69 bits per heavy atom. The molecule has 1 N–H and O–H groups in total. The van der Waals surface area contributed by atoms with Crippen LogP contribution in [-0.4, -0.2) is 48.1 Å². The van der Waals surface area contributed by atoms with Crippen molar-refractivity contribution in [3.05, 3.63) is 101 Å². The number of nitrogens with zero attached hydrogens (tertiary/aromatic N) is 1. The summed E-state index contributed by atoms with van der Waals surface area (Å²) in [5.41, 5.74) is 2.93. The number of hydrogen-bond donors (Lipinski definition) is 1. The van der Waals surface area contributed by atoms with Gasteiger partial charge in [-0.3, -0.25) is 9.59 Å². The first-order valence-electron chi connectivity index (χ1n) is 13.1. The highest BCUT2D eigenvalue weighted by Crippen LogP contribution is 2.43. The average Bonchev–Trinajstić information content (AvgIpc) is 3.19. The van der Waals surface area contributed by atoms with E-state index in [1.165, 1.54) is 4.90 Å². The molecular weight excluding hydrogens is 494 g/mol. The topological polar surface area (TPSA) is 85.3 Å². The van der Waals surface area contributed by atoms with Crippen LogP contribution < -0.4 is 9.47 Å². The second-order valence-corrected chi connectivity index (χ2v) is 9.76. The summed E-state index contributed by atoms with van der Waals surface area (Å²) in [6, 6.07) is 21.5. The first-order valence-corrected chi connectivity index (χ1v) is 13.1. The van der Waals surface area contributed by atoms with E-state index in [1.54, 1.807) is 31.4 Å². The highest BCUT2D eigenvalue weighted by atomic mass is 16.5. The van der Waals surface area contributed by atoms with Gasteiger partial charge in [-0.15, -0.1) is 0 Å². The number of likely N-dealkylation sites (tertiary alicyclic amines) is 1. The summed E-state index contributed by atoms with van der Waals surface area (Å²) in [6.07, 6.45) is 0.608. The lowest BCUT2D eigenvalue weighted by Gasteiger charge is -2.26. The quantitative estimate of drug-likeness (QED) is 0.146. The number of carbonyl (C=O) groups is 2. The highest BCUT2D eigenvalue weighted by molar-refractivity contribution is 6.46.